The van der Waals surface area contributed by atoms with Crippen molar-refractivity contribution >= 4 is 5.97 Å². The number of carbonyl (C=O) groups is 1. The molecule has 35 heavy (non-hydrogen) atoms. The number of aryl methyl sites for hydroxylation is 1. The molecule has 0 bridgehead atoms. The van der Waals surface area contributed by atoms with Gasteiger partial charge in [0.1, 0.15) is 5.56 Å². The third kappa shape index (κ3) is 4.84. The zero-order valence-corrected chi connectivity index (χ0v) is 19.7. The van der Waals surface area contributed by atoms with Gasteiger partial charge in [0.2, 0.25) is 5.92 Å². The van der Waals surface area contributed by atoms with Crippen LogP contribution >= 0.6 is 0 Å². The van der Waals surface area contributed by atoms with E-state index in [2.05, 4.69) is 9.97 Å². The van der Waals surface area contributed by atoms with Crippen LogP contribution < -0.4 is 5.43 Å². The number of pyridine rings is 2. The summed E-state index contributed by atoms with van der Waals surface area (Å²) in [5.74, 6) is -5.54. The Labute approximate surface area is 199 Å². The van der Waals surface area contributed by atoms with E-state index in [1.807, 2.05) is 0 Å². The second-order valence-corrected chi connectivity index (χ2v) is 9.69. The molecule has 1 N–H and O–H groups in total. The summed E-state index contributed by atoms with van der Waals surface area (Å²) < 4.78 is 71.4. The second-order valence-electron chi connectivity index (χ2n) is 9.69. The standard InChI is InChI=1S/C25H27F5N2O3/c1-12-21(32-13(2)20(22(12)33)23(34)35-3)18-11-31-19(15-9-24(26,27)10-15)8-17(18)14-4-6-16(7-5-14)25(28,29)30/h8,11,14-16H,4-7,9-10H2,1-3H3,(H,32,33). The first-order chi connectivity index (χ1) is 16.3. The maximum absolute atomic E-state index is 13.5. The lowest BCUT2D eigenvalue weighted by Crippen LogP contribution is -2.34. The van der Waals surface area contributed by atoms with E-state index in [1.54, 1.807) is 19.9 Å². The Morgan fingerprint density at radius 3 is 2.29 bits per heavy atom. The van der Waals surface area contributed by atoms with Crippen LogP contribution in [0.5, 0.6) is 0 Å². The monoisotopic (exact) mass is 498 g/mol. The fourth-order valence-corrected chi connectivity index (χ4v) is 5.29. The van der Waals surface area contributed by atoms with E-state index in [-0.39, 0.29) is 61.3 Å². The molecule has 2 heterocycles. The van der Waals surface area contributed by atoms with Gasteiger partial charge in [-0.1, -0.05) is 0 Å². The van der Waals surface area contributed by atoms with Crippen LogP contribution in [0.1, 0.15) is 83.2 Å². The minimum atomic E-state index is -4.25. The molecule has 190 valence electrons. The van der Waals surface area contributed by atoms with Crippen LogP contribution in [0, 0.1) is 19.8 Å². The third-order valence-corrected chi connectivity index (χ3v) is 7.38. The molecule has 0 aliphatic heterocycles. The highest BCUT2D eigenvalue weighted by atomic mass is 19.4. The summed E-state index contributed by atoms with van der Waals surface area (Å²) in [4.78, 5) is 32.5. The number of aromatic nitrogens is 2. The van der Waals surface area contributed by atoms with E-state index in [0.29, 0.717) is 22.5 Å². The first-order valence-electron chi connectivity index (χ1n) is 11.6. The van der Waals surface area contributed by atoms with Gasteiger partial charge in [-0.25, -0.2) is 13.6 Å². The fraction of sp³-hybridized carbons (Fsp3) is 0.560. The molecule has 0 aromatic carbocycles. The SMILES string of the molecule is COC(=O)c1c(C)[nH]c(-c2cnc(C3CC(F)(F)C3)cc2C2CCC(C(F)(F)F)CC2)c(C)c1=O. The Balaban J connectivity index is 1.78. The number of nitrogens with zero attached hydrogens (tertiary/aromatic N) is 1. The number of esters is 1. The topological polar surface area (TPSA) is 72.1 Å². The molecule has 0 atom stereocenters. The van der Waals surface area contributed by atoms with Crippen LogP contribution in [0.2, 0.25) is 0 Å². The average molecular weight is 498 g/mol. The van der Waals surface area contributed by atoms with E-state index in [0.717, 1.165) is 0 Å². The van der Waals surface area contributed by atoms with Gasteiger partial charge in [-0.3, -0.25) is 9.78 Å². The summed E-state index contributed by atoms with van der Waals surface area (Å²) in [5.41, 5.74) is 2.00. The van der Waals surface area contributed by atoms with Crippen molar-refractivity contribution in [2.24, 2.45) is 5.92 Å². The van der Waals surface area contributed by atoms with Crippen molar-refractivity contribution in [3.8, 4) is 11.3 Å². The summed E-state index contributed by atoms with van der Waals surface area (Å²) in [6, 6.07) is 1.72. The normalized spacial score (nSPS) is 22.5. The molecule has 2 aromatic heterocycles. The third-order valence-electron chi connectivity index (χ3n) is 7.38. The molecule has 2 fully saturated rings. The number of aromatic amines is 1. The molecule has 2 saturated carbocycles. The van der Waals surface area contributed by atoms with Gasteiger partial charge in [-0.05, 0) is 57.1 Å². The van der Waals surface area contributed by atoms with E-state index < -0.39 is 35.3 Å². The summed E-state index contributed by atoms with van der Waals surface area (Å²) >= 11 is 0. The average Bonchev–Trinajstić information content (AvgIpc) is 2.79. The highest BCUT2D eigenvalue weighted by Gasteiger charge is 2.47. The van der Waals surface area contributed by atoms with Gasteiger partial charge in [-0.2, -0.15) is 13.2 Å². The maximum Gasteiger partial charge on any atom is 0.391 e. The van der Waals surface area contributed by atoms with Crippen LogP contribution in [0.3, 0.4) is 0 Å². The Morgan fingerprint density at radius 1 is 1.11 bits per heavy atom. The summed E-state index contributed by atoms with van der Waals surface area (Å²) in [5, 5.41) is 0. The van der Waals surface area contributed by atoms with Gasteiger partial charge in [0.25, 0.3) is 0 Å². The van der Waals surface area contributed by atoms with Crippen molar-refractivity contribution in [1.82, 2.24) is 9.97 Å². The van der Waals surface area contributed by atoms with Gasteiger partial charge < -0.3 is 9.72 Å². The lowest BCUT2D eigenvalue weighted by molar-refractivity contribution is -0.182. The number of ether oxygens (including phenoxy) is 1. The molecule has 5 nitrogen and oxygen atoms in total. The molecular formula is C25H27F5N2O3. The molecule has 2 aliphatic carbocycles. The highest BCUT2D eigenvalue weighted by Crippen LogP contribution is 2.50. The molecular weight excluding hydrogens is 471 g/mol. The van der Waals surface area contributed by atoms with Crippen molar-refractivity contribution in [2.75, 3.05) is 7.11 Å². The van der Waals surface area contributed by atoms with Crippen molar-refractivity contribution in [1.29, 1.82) is 0 Å². The number of alkyl halides is 5. The summed E-state index contributed by atoms with van der Waals surface area (Å²) in [6.45, 7) is 3.10. The van der Waals surface area contributed by atoms with Crippen LogP contribution in [0.25, 0.3) is 11.3 Å². The van der Waals surface area contributed by atoms with Crippen molar-refractivity contribution in [3.63, 3.8) is 0 Å². The van der Waals surface area contributed by atoms with Crippen molar-refractivity contribution in [2.45, 2.75) is 76.3 Å². The molecule has 0 saturated heterocycles. The van der Waals surface area contributed by atoms with E-state index >= 15 is 0 Å². The van der Waals surface area contributed by atoms with E-state index in [1.165, 1.54) is 13.3 Å². The van der Waals surface area contributed by atoms with Crippen LogP contribution in [-0.2, 0) is 4.74 Å². The minimum Gasteiger partial charge on any atom is -0.465 e. The zero-order valence-electron chi connectivity index (χ0n) is 19.7. The molecule has 10 heteroatoms. The number of nitrogens with one attached hydrogen (secondary N) is 1. The predicted molar refractivity (Wildman–Crippen MR) is 119 cm³/mol. The van der Waals surface area contributed by atoms with Gasteiger partial charge in [0.15, 0.2) is 5.43 Å². The summed E-state index contributed by atoms with van der Waals surface area (Å²) in [7, 11) is 1.17. The molecule has 0 amide bonds. The number of hydrogen-bond donors (Lipinski definition) is 1. The number of rotatable bonds is 4. The molecule has 0 spiro atoms. The number of methoxy groups -OCH3 is 1. The number of halogens is 5. The van der Waals surface area contributed by atoms with Gasteiger partial charge >= 0.3 is 12.1 Å². The smallest absolute Gasteiger partial charge is 0.391 e. The van der Waals surface area contributed by atoms with Gasteiger partial charge in [-0.15, -0.1) is 0 Å². The van der Waals surface area contributed by atoms with Crippen LogP contribution in [0.4, 0.5) is 22.0 Å². The number of hydrogen-bond acceptors (Lipinski definition) is 4. The lowest BCUT2D eigenvalue weighted by Gasteiger charge is -2.36. The Hall–Kier alpha value is -2.78. The first-order valence-corrected chi connectivity index (χ1v) is 11.6. The number of carbonyl (C=O) groups excluding carboxylic acids is 1. The zero-order chi connectivity index (χ0) is 25.7. The maximum atomic E-state index is 13.5. The van der Waals surface area contributed by atoms with E-state index in [4.69, 9.17) is 4.74 Å². The Morgan fingerprint density at radius 2 is 1.74 bits per heavy atom. The van der Waals surface area contributed by atoms with Gasteiger partial charge in [0, 0.05) is 47.5 Å². The van der Waals surface area contributed by atoms with Crippen molar-refractivity contribution < 1.29 is 31.5 Å². The predicted octanol–water partition coefficient (Wildman–Crippen LogP) is 6.19. The Kier molecular flexibility index (Phi) is 6.53. The quantitative estimate of drug-likeness (QED) is 0.403. The molecule has 2 aliphatic rings. The molecule has 4 rings (SSSR count). The summed E-state index contributed by atoms with van der Waals surface area (Å²) in [6.07, 6.45) is -2.87. The van der Waals surface area contributed by atoms with Crippen LogP contribution in [-0.4, -0.2) is 35.1 Å². The molecule has 0 radical (unpaired) electrons. The Bertz CT molecular complexity index is 1190. The lowest BCUT2D eigenvalue weighted by atomic mass is 9.74. The number of H-pyrrole nitrogens is 1. The molecule has 2 aromatic rings. The van der Waals surface area contributed by atoms with E-state index in [9.17, 15) is 31.5 Å². The van der Waals surface area contributed by atoms with Gasteiger partial charge in [0.05, 0.1) is 18.7 Å². The second kappa shape index (κ2) is 9.02. The highest BCUT2D eigenvalue weighted by molar-refractivity contribution is 5.91. The minimum absolute atomic E-state index is 0.0252. The van der Waals surface area contributed by atoms with Crippen LogP contribution in [0.15, 0.2) is 17.1 Å². The largest absolute Gasteiger partial charge is 0.465 e. The molecule has 0 unspecified atom stereocenters. The fourth-order valence-electron chi connectivity index (χ4n) is 5.29. The first kappa shape index (κ1) is 25.3. The van der Waals surface area contributed by atoms with Crippen molar-refractivity contribution in [3.05, 3.63) is 50.6 Å².